The minimum absolute atomic E-state index is 0.0298. The summed E-state index contributed by atoms with van der Waals surface area (Å²) in [6.45, 7) is 2.87. The van der Waals surface area contributed by atoms with Gasteiger partial charge in [-0.25, -0.2) is 0 Å². The summed E-state index contributed by atoms with van der Waals surface area (Å²) in [6.07, 6.45) is 8.24. The van der Waals surface area contributed by atoms with Gasteiger partial charge in [-0.1, -0.05) is 12.3 Å². The van der Waals surface area contributed by atoms with Crippen LogP contribution in [0.5, 0.6) is 0 Å². The molecule has 100 valence electrons. The molecular formula is C13H20N2O3. The van der Waals surface area contributed by atoms with E-state index in [9.17, 15) is 4.79 Å². The quantitative estimate of drug-likeness (QED) is 0.714. The van der Waals surface area contributed by atoms with Crippen LogP contribution in [0.3, 0.4) is 0 Å². The van der Waals surface area contributed by atoms with Crippen molar-refractivity contribution in [2.45, 2.75) is 31.6 Å². The highest BCUT2D eigenvalue weighted by molar-refractivity contribution is 5.78. The molecule has 1 unspecified atom stereocenters. The third-order valence-electron chi connectivity index (χ3n) is 3.36. The average molecular weight is 252 g/mol. The minimum Gasteiger partial charge on any atom is -0.349 e. The number of amides is 1. The Kier molecular flexibility index (Phi) is 5.00. The fourth-order valence-electron chi connectivity index (χ4n) is 2.51. The van der Waals surface area contributed by atoms with E-state index in [0.29, 0.717) is 19.8 Å². The van der Waals surface area contributed by atoms with Crippen LogP contribution >= 0.6 is 0 Å². The number of hydrogen-bond donors (Lipinski definition) is 1. The normalized spacial score (nSPS) is 25.8. The Bertz CT molecular complexity index is 321. The lowest BCUT2D eigenvalue weighted by atomic mass is 10.0. The van der Waals surface area contributed by atoms with Crippen LogP contribution in [0.15, 0.2) is 0 Å². The summed E-state index contributed by atoms with van der Waals surface area (Å²) in [5.41, 5.74) is 0. The molecule has 18 heavy (non-hydrogen) atoms. The number of nitrogens with zero attached hydrogens (tertiary/aromatic N) is 1. The third-order valence-corrected chi connectivity index (χ3v) is 3.36. The van der Waals surface area contributed by atoms with Crippen molar-refractivity contribution >= 4 is 5.91 Å². The zero-order valence-corrected chi connectivity index (χ0v) is 10.6. The van der Waals surface area contributed by atoms with Crippen molar-refractivity contribution in [2.24, 2.45) is 0 Å². The van der Waals surface area contributed by atoms with Gasteiger partial charge in [0, 0.05) is 0 Å². The van der Waals surface area contributed by atoms with E-state index in [4.69, 9.17) is 15.9 Å². The SMILES string of the molecule is C#CCNC(=O)CN1CCCCC1C1OCCO1. The van der Waals surface area contributed by atoms with Crippen molar-refractivity contribution in [1.29, 1.82) is 0 Å². The Morgan fingerprint density at radius 3 is 2.89 bits per heavy atom. The molecule has 0 aromatic heterocycles. The predicted molar refractivity (Wildman–Crippen MR) is 66.7 cm³/mol. The summed E-state index contributed by atoms with van der Waals surface area (Å²) in [5, 5.41) is 2.69. The van der Waals surface area contributed by atoms with Crippen molar-refractivity contribution in [3.05, 3.63) is 0 Å². The summed E-state index contributed by atoms with van der Waals surface area (Å²) < 4.78 is 11.1. The summed E-state index contributed by atoms with van der Waals surface area (Å²) in [5.74, 6) is 2.37. The van der Waals surface area contributed by atoms with Crippen LogP contribution in [0.2, 0.25) is 0 Å². The van der Waals surface area contributed by atoms with Gasteiger partial charge < -0.3 is 14.8 Å². The van der Waals surface area contributed by atoms with Gasteiger partial charge in [-0.05, 0) is 19.4 Å². The molecule has 1 N–H and O–H groups in total. The highest BCUT2D eigenvalue weighted by Crippen LogP contribution is 2.23. The minimum atomic E-state index is -0.175. The number of carbonyl (C=O) groups is 1. The number of rotatable bonds is 4. The van der Waals surface area contributed by atoms with Gasteiger partial charge in [0.05, 0.1) is 32.3 Å². The molecule has 2 fully saturated rings. The van der Waals surface area contributed by atoms with Gasteiger partial charge >= 0.3 is 0 Å². The van der Waals surface area contributed by atoms with E-state index < -0.39 is 0 Å². The van der Waals surface area contributed by atoms with Crippen LogP contribution < -0.4 is 5.32 Å². The van der Waals surface area contributed by atoms with E-state index in [1.165, 1.54) is 0 Å². The molecule has 2 saturated heterocycles. The van der Waals surface area contributed by atoms with Crippen molar-refractivity contribution in [1.82, 2.24) is 10.2 Å². The first-order chi connectivity index (χ1) is 8.81. The first-order valence-corrected chi connectivity index (χ1v) is 6.48. The third kappa shape index (κ3) is 3.45. The summed E-state index contributed by atoms with van der Waals surface area (Å²) in [4.78, 5) is 13.8. The van der Waals surface area contributed by atoms with Gasteiger partial charge in [0.25, 0.3) is 0 Å². The van der Waals surface area contributed by atoms with Crippen LogP contribution in [0.25, 0.3) is 0 Å². The Balaban J connectivity index is 1.87. The number of hydrogen-bond acceptors (Lipinski definition) is 4. The fraction of sp³-hybridized carbons (Fsp3) is 0.769. The molecule has 5 heteroatoms. The first kappa shape index (κ1) is 13.3. The topological polar surface area (TPSA) is 50.8 Å². The lowest BCUT2D eigenvalue weighted by Gasteiger charge is -2.37. The van der Waals surface area contributed by atoms with Crippen molar-refractivity contribution < 1.29 is 14.3 Å². The molecule has 2 aliphatic heterocycles. The maximum absolute atomic E-state index is 11.7. The molecule has 2 heterocycles. The average Bonchev–Trinajstić information content (AvgIpc) is 2.91. The number of likely N-dealkylation sites (tertiary alicyclic amines) is 1. The number of carbonyl (C=O) groups excluding carboxylic acids is 1. The lowest BCUT2D eigenvalue weighted by molar-refractivity contribution is -0.131. The molecule has 0 aliphatic carbocycles. The Morgan fingerprint density at radius 1 is 1.39 bits per heavy atom. The number of piperidine rings is 1. The fourth-order valence-corrected chi connectivity index (χ4v) is 2.51. The monoisotopic (exact) mass is 252 g/mol. The van der Waals surface area contributed by atoms with E-state index in [0.717, 1.165) is 25.8 Å². The van der Waals surface area contributed by atoms with E-state index in [2.05, 4.69) is 16.1 Å². The van der Waals surface area contributed by atoms with E-state index >= 15 is 0 Å². The molecule has 2 aliphatic rings. The second-order valence-corrected chi connectivity index (χ2v) is 4.62. The predicted octanol–water partition coefficient (Wildman–Crippen LogP) is -0.0368. The highest BCUT2D eigenvalue weighted by Gasteiger charge is 2.34. The molecule has 1 atom stereocenters. The molecule has 0 spiro atoms. The van der Waals surface area contributed by atoms with Gasteiger partial charge in [0.2, 0.25) is 5.91 Å². The Hall–Kier alpha value is -1.09. The van der Waals surface area contributed by atoms with Crippen molar-refractivity contribution in [3.8, 4) is 12.3 Å². The summed E-state index contributed by atoms with van der Waals surface area (Å²) in [7, 11) is 0. The van der Waals surface area contributed by atoms with Crippen LogP contribution in [-0.2, 0) is 14.3 Å². The molecule has 5 nitrogen and oxygen atoms in total. The molecule has 0 aromatic carbocycles. The van der Waals surface area contributed by atoms with Crippen LogP contribution in [0.4, 0.5) is 0 Å². The smallest absolute Gasteiger partial charge is 0.234 e. The Morgan fingerprint density at radius 2 is 2.17 bits per heavy atom. The van der Waals surface area contributed by atoms with Gasteiger partial charge in [-0.15, -0.1) is 6.42 Å². The highest BCUT2D eigenvalue weighted by atomic mass is 16.7. The maximum atomic E-state index is 11.7. The summed E-state index contributed by atoms with van der Waals surface area (Å²) >= 11 is 0. The van der Waals surface area contributed by atoms with Gasteiger partial charge in [0.1, 0.15) is 0 Å². The van der Waals surface area contributed by atoms with Gasteiger partial charge in [-0.3, -0.25) is 9.69 Å². The van der Waals surface area contributed by atoms with E-state index in [1.807, 2.05) is 0 Å². The molecule has 0 bridgehead atoms. The van der Waals surface area contributed by atoms with E-state index in [-0.39, 0.29) is 24.8 Å². The molecule has 1 amide bonds. The molecular weight excluding hydrogens is 232 g/mol. The number of terminal acetylenes is 1. The molecule has 0 saturated carbocycles. The number of nitrogens with one attached hydrogen (secondary N) is 1. The van der Waals surface area contributed by atoms with Crippen molar-refractivity contribution in [2.75, 3.05) is 32.8 Å². The van der Waals surface area contributed by atoms with E-state index in [1.54, 1.807) is 0 Å². The summed E-state index contributed by atoms with van der Waals surface area (Å²) in [6, 6.07) is 0.192. The zero-order chi connectivity index (χ0) is 12.8. The molecule has 0 radical (unpaired) electrons. The largest absolute Gasteiger partial charge is 0.349 e. The first-order valence-electron chi connectivity index (χ1n) is 6.48. The van der Waals surface area contributed by atoms with Crippen LogP contribution in [-0.4, -0.2) is 56.0 Å². The van der Waals surface area contributed by atoms with Crippen molar-refractivity contribution in [3.63, 3.8) is 0 Å². The molecule has 0 aromatic rings. The van der Waals surface area contributed by atoms with Crippen LogP contribution in [0, 0.1) is 12.3 Å². The van der Waals surface area contributed by atoms with Gasteiger partial charge in [0.15, 0.2) is 6.29 Å². The van der Waals surface area contributed by atoms with Crippen LogP contribution in [0.1, 0.15) is 19.3 Å². The standard InChI is InChI=1S/C13H20N2O3/c1-2-6-14-12(16)10-15-7-4-3-5-11(15)13-17-8-9-18-13/h1,11,13H,3-10H2,(H,14,16). The number of ether oxygens (including phenoxy) is 2. The lowest BCUT2D eigenvalue weighted by Crippen LogP contribution is -2.50. The molecule has 2 rings (SSSR count). The Labute approximate surface area is 108 Å². The second-order valence-electron chi connectivity index (χ2n) is 4.62. The second kappa shape index (κ2) is 6.74. The zero-order valence-electron chi connectivity index (χ0n) is 10.6. The van der Waals surface area contributed by atoms with Gasteiger partial charge in [-0.2, -0.15) is 0 Å². The maximum Gasteiger partial charge on any atom is 0.234 e.